The van der Waals surface area contributed by atoms with Gasteiger partial charge in [0.1, 0.15) is 5.75 Å². The van der Waals surface area contributed by atoms with Crippen molar-refractivity contribution in [3.05, 3.63) is 52.0 Å². The standard InChI is InChI=1S/C30H45ClN2O3.2ClH/c1-5-17-33(26-11-12-28-24(21-26)10-13-29(35-3)30(28)36-4)18-9-7-6-8-15-32-16-14-23-19-25(31)22-27(20-23)34-2;;/h10,13,19-20,22,26,32H,5-9,11-12,14-18,21H2,1-4H3;2*1H/t26-;;/m0../s1. The number of hydrogen-bond donors (Lipinski definition) is 1. The summed E-state index contributed by atoms with van der Waals surface area (Å²) < 4.78 is 16.5. The third-order valence-electron chi connectivity index (χ3n) is 7.26. The average Bonchev–Trinajstić information content (AvgIpc) is 2.90. The summed E-state index contributed by atoms with van der Waals surface area (Å²) in [7, 11) is 5.14. The smallest absolute Gasteiger partial charge is 0.164 e. The fourth-order valence-corrected chi connectivity index (χ4v) is 5.65. The third-order valence-corrected chi connectivity index (χ3v) is 7.48. The first-order valence-electron chi connectivity index (χ1n) is 13.6. The monoisotopic (exact) mass is 588 g/mol. The molecule has 0 bridgehead atoms. The molecular formula is C30H47Cl3N2O3. The van der Waals surface area contributed by atoms with E-state index in [1.807, 2.05) is 12.1 Å². The van der Waals surface area contributed by atoms with Crippen molar-refractivity contribution in [2.45, 2.75) is 70.8 Å². The second-order valence-electron chi connectivity index (χ2n) is 9.78. The normalized spacial score (nSPS) is 14.3. The number of nitrogens with one attached hydrogen (secondary N) is 1. The van der Waals surface area contributed by atoms with Crippen LogP contribution in [0.25, 0.3) is 0 Å². The summed E-state index contributed by atoms with van der Waals surface area (Å²) in [6.07, 6.45) is 10.6. The molecule has 5 nitrogen and oxygen atoms in total. The highest BCUT2D eigenvalue weighted by molar-refractivity contribution is 6.30. The molecule has 0 radical (unpaired) electrons. The molecule has 1 atom stereocenters. The number of unbranched alkanes of at least 4 members (excludes halogenated alkanes) is 3. The summed E-state index contributed by atoms with van der Waals surface area (Å²) in [4.78, 5) is 2.73. The van der Waals surface area contributed by atoms with Crippen molar-refractivity contribution in [3.63, 3.8) is 0 Å². The first kappa shape index (κ1) is 34.7. The average molecular weight is 590 g/mol. The van der Waals surface area contributed by atoms with Crippen LogP contribution in [0.15, 0.2) is 30.3 Å². The molecular weight excluding hydrogens is 543 g/mol. The minimum Gasteiger partial charge on any atom is -0.497 e. The first-order valence-corrected chi connectivity index (χ1v) is 14.0. The minimum atomic E-state index is 0. The number of halogens is 3. The van der Waals surface area contributed by atoms with E-state index in [2.05, 4.69) is 35.3 Å². The number of rotatable bonds is 16. The van der Waals surface area contributed by atoms with Crippen LogP contribution in [0.1, 0.15) is 62.1 Å². The van der Waals surface area contributed by atoms with E-state index in [0.29, 0.717) is 6.04 Å². The van der Waals surface area contributed by atoms with Gasteiger partial charge in [-0.05, 0) is 107 Å². The fourth-order valence-electron chi connectivity index (χ4n) is 5.40. The minimum absolute atomic E-state index is 0. The van der Waals surface area contributed by atoms with E-state index in [1.54, 1.807) is 21.3 Å². The van der Waals surface area contributed by atoms with Crippen LogP contribution >= 0.6 is 36.4 Å². The van der Waals surface area contributed by atoms with Gasteiger partial charge in [-0.15, -0.1) is 24.8 Å². The van der Waals surface area contributed by atoms with E-state index in [4.69, 9.17) is 25.8 Å². The molecule has 0 amide bonds. The molecule has 0 saturated carbocycles. The zero-order valence-electron chi connectivity index (χ0n) is 23.5. The van der Waals surface area contributed by atoms with Crippen molar-refractivity contribution in [2.24, 2.45) is 0 Å². The van der Waals surface area contributed by atoms with E-state index in [1.165, 1.54) is 68.3 Å². The van der Waals surface area contributed by atoms with Gasteiger partial charge in [-0.3, -0.25) is 0 Å². The highest BCUT2D eigenvalue weighted by Gasteiger charge is 2.27. The highest BCUT2D eigenvalue weighted by Crippen LogP contribution is 2.38. The second-order valence-corrected chi connectivity index (χ2v) is 10.2. The molecule has 2 aromatic rings. The summed E-state index contributed by atoms with van der Waals surface area (Å²) in [6, 6.07) is 10.9. The fraction of sp³-hybridized carbons (Fsp3) is 0.600. The quantitative estimate of drug-likeness (QED) is 0.210. The lowest BCUT2D eigenvalue weighted by Crippen LogP contribution is -2.40. The summed E-state index contributed by atoms with van der Waals surface area (Å²) in [5, 5.41) is 4.31. The molecule has 8 heteroatoms. The predicted molar refractivity (Wildman–Crippen MR) is 165 cm³/mol. The van der Waals surface area contributed by atoms with Crippen LogP contribution in [-0.2, 0) is 19.3 Å². The van der Waals surface area contributed by atoms with Crippen LogP contribution in [0.4, 0.5) is 0 Å². The Morgan fingerprint density at radius 3 is 2.42 bits per heavy atom. The van der Waals surface area contributed by atoms with Crippen molar-refractivity contribution in [2.75, 3.05) is 47.5 Å². The van der Waals surface area contributed by atoms with E-state index >= 15 is 0 Å². The molecule has 0 heterocycles. The Bertz CT molecular complexity index is 945. The van der Waals surface area contributed by atoms with Crippen LogP contribution in [0.2, 0.25) is 5.02 Å². The molecule has 1 N–H and O–H groups in total. The van der Waals surface area contributed by atoms with Gasteiger partial charge in [0.15, 0.2) is 11.5 Å². The lowest BCUT2D eigenvalue weighted by molar-refractivity contribution is 0.175. The molecule has 0 aromatic heterocycles. The maximum Gasteiger partial charge on any atom is 0.164 e. The molecule has 0 spiro atoms. The van der Waals surface area contributed by atoms with Gasteiger partial charge < -0.3 is 24.4 Å². The van der Waals surface area contributed by atoms with Crippen molar-refractivity contribution >= 4 is 36.4 Å². The lowest BCUT2D eigenvalue weighted by atomic mass is 9.86. The van der Waals surface area contributed by atoms with Crippen molar-refractivity contribution in [3.8, 4) is 17.2 Å². The van der Waals surface area contributed by atoms with E-state index < -0.39 is 0 Å². The van der Waals surface area contributed by atoms with Gasteiger partial charge in [0.2, 0.25) is 0 Å². The van der Waals surface area contributed by atoms with E-state index in [-0.39, 0.29) is 24.8 Å². The highest BCUT2D eigenvalue weighted by atomic mass is 35.5. The molecule has 0 fully saturated rings. The summed E-state index contributed by atoms with van der Waals surface area (Å²) in [5.74, 6) is 2.60. The maximum atomic E-state index is 6.16. The zero-order chi connectivity index (χ0) is 25.8. The molecule has 38 heavy (non-hydrogen) atoms. The molecule has 2 aromatic carbocycles. The molecule has 216 valence electrons. The molecule has 0 unspecified atom stereocenters. The molecule has 1 aliphatic carbocycles. The van der Waals surface area contributed by atoms with E-state index in [9.17, 15) is 0 Å². The van der Waals surface area contributed by atoms with Gasteiger partial charge in [-0.1, -0.05) is 37.4 Å². The number of hydrogen-bond acceptors (Lipinski definition) is 5. The summed E-state index contributed by atoms with van der Waals surface area (Å²) >= 11 is 6.16. The second kappa shape index (κ2) is 18.8. The van der Waals surface area contributed by atoms with Gasteiger partial charge in [0, 0.05) is 16.6 Å². The zero-order valence-corrected chi connectivity index (χ0v) is 25.9. The third kappa shape index (κ3) is 10.3. The molecule has 3 rings (SSSR count). The van der Waals surface area contributed by atoms with Gasteiger partial charge in [-0.25, -0.2) is 0 Å². The summed E-state index contributed by atoms with van der Waals surface area (Å²) in [6.45, 7) is 6.71. The van der Waals surface area contributed by atoms with Crippen molar-refractivity contribution in [1.29, 1.82) is 0 Å². The van der Waals surface area contributed by atoms with Gasteiger partial charge in [0.05, 0.1) is 21.3 Å². The Morgan fingerprint density at radius 2 is 1.71 bits per heavy atom. The summed E-state index contributed by atoms with van der Waals surface area (Å²) in [5.41, 5.74) is 3.98. The van der Waals surface area contributed by atoms with Crippen LogP contribution in [0.3, 0.4) is 0 Å². The SMILES string of the molecule is CCCN(CCCCCCNCCc1cc(Cl)cc(OC)c1)[C@H]1CCc2c(ccc(OC)c2OC)C1.Cl.Cl. The Kier molecular flexibility index (Phi) is 17.2. The molecule has 0 saturated heterocycles. The Balaban J connectivity index is 0.00000361. The van der Waals surface area contributed by atoms with Crippen molar-refractivity contribution in [1.82, 2.24) is 10.2 Å². The number of nitrogens with zero attached hydrogens (tertiary/aromatic N) is 1. The first-order chi connectivity index (χ1) is 17.6. The number of benzene rings is 2. The van der Waals surface area contributed by atoms with Crippen LogP contribution in [0.5, 0.6) is 17.2 Å². The largest absolute Gasteiger partial charge is 0.497 e. The Morgan fingerprint density at radius 1 is 0.921 bits per heavy atom. The number of fused-ring (bicyclic) bond motifs is 1. The number of ether oxygens (including phenoxy) is 3. The van der Waals surface area contributed by atoms with Gasteiger partial charge >= 0.3 is 0 Å². The molecule has 0 aliphatic heterocycles. The lowest BCUT2D eigenvalue weighted by Gasteiger charge is -2.36. The maximum absolute atomic E-state index is 6.16. The van der Waals surface area contributed by atoms with E-state index in [0.717, 1.165) is 54.6 Å². The van der Waals surface area contributed by atoms with Crippen LogP contribution in [0, 0.1) is 0 Å². The van der Waals surface area contributed by atoms with Gasteiger partial charge in [0.25, 0.3) is 0 Å². The van der Waals surface area contributed by atoms with Gasteiger partial charge in [-0.2, -0.15) is 0 Å². The van der Waals surface area contributed by atoms with Crippen molar-refractivity contribution < 1.29 is 14.2 Å². The Hall–Kier alpha value is -1.37. The molecule has 1 aliphatic rings. The van der Waals surface area contributed by atoms with Crippen LogP contribution < -0.4 is 19.5 Å². The Labute approximate surface area is 247 Å². The van der Waals surface area contributed by atoms with Crippen LogP contribution in [-0.4, -0.2) is 58.5 Å². The predicted octanol–water partition coefficient (Wildman–Crippen LogP) is 7.17. The number of methoxy groups -OCH3 is 3. The topological polar surface area (TPSA) is 43.0 Å².